The lowest BCUT2D eigenvalue weighted by Crippen LogP contribution is -2.30. The summed E-state index contributed by atoms with van der Waals surface area (Å²) in [7, 11) is -3.75. The maximum absolute atomic E-state index is 12.6. The molecule has 0 radical (unpaired) electrons. The van der Waals surface area contributed by atoms with Crippen LogP contribution in [-0.4, -0.2) is 36.4 Å². The Morgan fingerprint density at radius 2 is 2.04 bits per heavy atom. The van der Waals surface area contributed by atoms with Gasteiger partial charge in [-0.25, -0.2) is 8.42 Å². The van der Waals surface area contributed by atoms with Gasteiger partial charge in [0.2, 0.25) is 10.0 Å². The van der Waals surface area contributed by atoms with E-state index in [0.29, 0.717) is 19.0 Å². The zero-order valence-corrected chi connectivity index (χ0v) is 16.3. The van der Waals surface area contributed by atoms with Gasteiger partial charge in [-0.05, 0) is 43.7 Å². The maximum atomic E-state index is 12.6. The molecule has 1 aromatic rings. The molecule has 0 bridgehead atoms. The Kier molecular flexibility index (Phi) is 6.71. The number of nitro groups is 1. The zero-order chi connectivity index (χ0) is 19.3. The summed E-state index contributed by atoms with van der Waals surface area (Å²) in [6.45, 7) is 6.22. The number of sulfonamides is 1. The highest BCUT2D eigenvalue weighted by Gasteiger charge is 2.25. The van der Waals surface area contributed by atoms with Crippen LogP contribution in [0.25, 0.3) is 0 Å². The van der Waals surface area contributed by atoms with Gasteiger partial charge < -0.3 is 0 Å². The van der Waals surface area contributed by atoms with E-state index in [-0.39, 0.29) is 16.3 Å². The van der Waals surface area contributed by atoms with Crippen molar-refractivity contribution >= 4 is 27.1 Å². The van der Waals surface area contributed by atoms with Crippen LogP contribution in [0.3, 0.4) is 0 Å². The third-order valence-corrected chi connectivity index (χ3v) is 6.64. The number of hydrogen-bond acceptors (Lipinski definition) is 6. The first-order chi connectivity index (χ1) is 12.3. The summed E-state index contributed by atoms with van der Waals surface area (Å²) in [5.41, 5.74) is 3.64. The summed E-state index contributed by atoms with van der Waals surface area (Å²) in [6, 6.07) is 3.89. The second-order valence-electron chi connectivity index (χ2n) is 6.52. The average Bonchev–Trinajstić information content (AvgIpc) is 2.60. The largest absolute Gasteiger partial charge is 0.295 e. The van der Waals surface area contributed by atoms with E-state index in [1.165, 1.54) is 16.4 Å². The predicted octanol–water partition coefficient (Wildman–Crippen LogP) is 3.60. The first kappa shape index (κ1) is 20.3. The summed E-state index contributed by atoms with van der Waals surface area (Å²) in [5, 5.41) is 15.7. The summed E-state index contributed by atoms with van der Waals surface area (Å²) in [5.74, 6) is 0.556. The van der Waals surface area contributed by atoms with E-state index in [0.717, 1.165) is 37.5 Å². The minimum Gasteiger partial charge on any atom is -0.272 e. The molecule has 1 aliphatic carbocycles. The molecule has 0 spiro atoms. The van der Waals surface area contributed by atoms with Gasteiger partial charge in [-0.1, -0.05) is 20.8 Å². The highest BCUT2D eigenvalue weighted by Crippen LogP contribution is 2.29. The molecule has 1 atom stereocenters. The number of nitrogens with one attached hydrogen (secondary N) is 1. The van der Waals surface area contributed by atoms with Crippen molar-refractivity contribution in [1.82, 2.24) is 4.31 Å². The molecule has 1 aromatic carbocycles. The molecule has 0 saturated heterocycles. The molecular formula is C17H26N4O4S. The SMILES string of the molecule is CCN(CC)S(=O)(=O)c1ccc(N/N=C2\CCC[C@@H](C)C2)c([N+](=O)[O-])c1. The fourth-order valence-electron chi connectivity index (χ4n) is 3.13. The highest BCUT2D eigenvalue weighted by molar-refractivity contribution is 7.89. The fraction of sp³-hybridized carbons (Fsp3) is 0.588. The summed E-state index contributed by atoms with van der Waals surface area (Å²) >= 11 is 0. The van der Waals surface area contributed by atoms with Crippen molar-refractivity contribution < 1.29 is 13.3 Å². The molecule has 144 valence electrons. The molecule has 0 amide bonds. The standard InChI is InChI=1S/C17H26N4O4S/c1-4-20(5-2)26(24,25)15-9-10-16(17(12-15)21(22)23)19-18-14-8-6-7-13(3)11-14/h9-10,12-13,19H,4-8,11H2,1-3H3/b18-14+/t13-/m1/s1. The molecule has 0 aromatic heterocycles. The molecule has 0 heterocycles. The van der Waals surface area contributed by atoms with E-state index < -0.39 is 14.9 Å². The van der Waals surface area contributed by atoms with Crippen LogP contribution in [0.4, 0.5) is 11.4 Å². The number of anilines is 1. The average molecular weight is 382 g/mol. The quantitative estimate of drug-likeness (QED) is 0.573. The van der Waals surface area contributed by atoms with Gasteiger partial charge >= 0.3 is 0 Å². The summed E-state index contributed by atoms with van der Waals surface area (Å²) in [6.07, 6.45) is 3.97. The van der Waals surface area contributed by atoms with E-state index >= 15 is 0 Å². The summed E-state index contributed by atoms with van der Waals surface area (Å²) in [4.78, 5) is 10.7. The van der Waals surface area contributed by atoms with Gasteiger partial charge in [-0.2, -0.15) is 9.41 Å². The second-order valence-corrected chi connectivity index (χ2v) is 8.45. The Morgan fingerprint density at radius 1 is 1.35 bits per heavy atom. The Labute approximate surface area is 154 Å². The molecule has 0 unspecified atom stereocenters. The normalized spacial score (nSPS) is 19.7. The van der Waals surface area contributed by atoms with Crippen molar-refractivity contribution in [3.8, 4) is 0 Å². The first-order valence-electron chi connectivity index (χ1n) is 8.89. The number of hydrazone groups is 1. The Morgan fingerprint density at radius 3 is 2.62 bits per heavy atom. The third kappa shape index (κ3) is 4.59. The molecular weight excluding hydrogens is 356 g/mol. The lowest BCUT2D eigenvalue weighted by molar-refractivity contribution is -0.384. The van der Waals surface area contributed by atoms with Crippen molar-refractivity contribution in [3.63, 3.8) is 0 Å². The van der Waals surface area contributed by atoms with E-state index in [1.54, 1.807) is 13.8 Å². The van der Waals surface area contributed by atoms with E-state index in [9.17, 15) is 18.5 Å². The van der Waals surface area contributed by atoms with Crippen molar-refractivity contribution in [2.45, 2.75) is 51.3 Å². The van der Waals surface area contributed by atoms with E-state index in [2.05, 4.69) is 17.5 Å². The lowest BCUT2D eigenvalue weighted by Gasteiger charge is -2.19. The molecule has 26 heavy (non-hydrogen) atoms. The van der Waals surface area contributed by atoms with Crippen LogP contribution >= 0.6 is 0 Å². The van der Waals surface area contributed by atoms with Crippen LogP contribution in [0, 0.1) is 16.0 Å². The van der Waals surface area contributed by atoms with Crippen molar-refractivity contribution in [1.29, 1.82) is 0 Å². The first-order valence-corrected chi connectivity index (χ1v) is 10.3. The van der Waals surface area contributed by atoms with Gasteiger partial charge in [0.05, 0.1) is 9.82 Å². The van der Waals surface area contributed by atoms with Crippen molar-refractivity contribution in [2.75, 3.05) is 18.5 Å². The molecule has 9 heteroatoms. The number of nitro benzene ring substituents is 1. The van der Waals surface area contributed by atoms with Gasteiger partial charge in [0.15, 0.2) is 0 Å². The van der Waals surface area contributed by atoms with Crippen LogP contribution < -0.4 is 5.43 Å². The smallest absolute Gasteiger partial charge is 0.272 e. The van der Waals surface area contributed by atoms with Crippen LogP contribution in [0.1, 0.15) is 46.5 Å². The van der Waals surface area contributed by atoms with Gasteiger partial charge in [-0.15, -0.1) is 0 Å². The number of benzene rings is 1. The van der Waals surface area contributed by atoms with Crippen molar-refractivity contribution in [3.05, 3.63) is 28.3 Å². The maximum Gasteiger partial charge on any atom is 0.295 e. The Bertz CT molecular complexity index is 788. The number of rotatable bonds is 7. The topological polar surface area (TPSA) is 105 Å². The number of hydrogen-bond donors (Lipinski definition) is 1. The van der Waals surface area contributed by atoms with Crippen LogP contribution in [0.5, 0.6) is 0 Å². The fourth-order valence-corrected chi connectivity index (χ4v) is 4.61. The molecule has 8 nitrogen and oxygen atoms in total. The molecule has 2 rings (SSSR count). The predicted molar refractivity (Wildman–Crippen MR) is 102 cm³/mol. The summed E-state index contributed by atoms with van der Waals surface area (Å²) < 4.78 is 26.4. The Balaban J connectivity index is 2.32. The van der Waals surface area contributed by atoms with Gasteiger partial charge in [0, 0.05) is 24.9 Å². The number of nitrogens with zero attached hydrogens (tertiary/aromatic N) is 3. The lowest BCUT2D eigenvalue weighted by atomic mass is 9.89. The molecule has 0 aliphatic heterocycles. The zero-order valence-electron chi connectivity index (χ0n) is 15.4. The molecule has 1 fully saturated rings. The second kappa shape index (κ2) is 8.59. The third-order valence-electron chi connectivity index (χ3n) is 4.59. The molecule has 1 N–H and O–H groups in total. The van der Waals surface area contributed by atoms with Gasteiger partial charge in [0.25, 0.3) is 5.69 Å². The van der Waals surface area contributed by atoms with E-state index in [1.807, 2.05) is 0 Å². The van der Waals surface area contributed by atoms with Crippen LogP contribution in [0.2, 0.25) is 0 Å². The van der Waals surface area contributed by atoms with E-state index in [4.69, 9.17) is 0 Å². The molecule has 1 aliphatic rings. The minimum atomic E-state index is -3.75. The Hall–Kier alpha value is -2.00. The van der Waals surface area contributed by atoms with Gasteiger partial charge in [0.1, 0.15) is 5.69 Å². The molecule has 1 saturated carbocycles. The monoisotopic (exact) mass is 382 g/mol. The van der Waals surface area contributed by atoms with Crippen molar-refractivity contribution in [2.24, 2.45) is 11.0 Å². The van der Waals surface area contributed by atoms with Crippen LogP contribution in [0.15, 0.2) is 28.2 Å². The van der Waals surface area contributed by atoms with Gasteiger partial charge in [-0.3, -0.25) is 15.5 Å². The van der Waals surface area contributed by atoms with Crippen LogP contribution in [-0.2, 0) is 10.0 Å². The highest BCUT2D eigenvalue weighted by atomic mass is 32.2. The minimum absolute atomic E-state index is 0.0857.